The molecule has 0 atom stereocenters. The number of nitrogens with one attached hydrogen (secondary N) is 1. The summed E-state index contributed by atoms with van der Waals surface area (Å²) in [6.45, 7) is 0. The first-order chi connectivity index (χ1) is 6.27. The molecule has 0 radical (unpaired) electrons. The van der Waals surface area contributed by atoms with E-state index in [0.29, 0.717) is 10.3 Å². The molecule has 4 nitrogen and oxygen atoms in total. The van der Waals surface area contributed by atoms with E-state index in [1.807, 2.05) is 0 Å². The van der Waals surface area contributed by atoms with Gasteiger partial charge in [-0.1, -0.05) is 23.2 Å². The molecule has 0 aliphatic rings. The van der Waals surface area contributed by atoms with Crippen molar-refractivity contribution in [2.24, 2.45) is 0 Å². The first kappa shape index (κ1) is 8.47. The number of aromatic nitrogens is 4. The molecule has 2 rings (SSSR count). The summed E-state index contributed by atoms with van der Waals surface area (Å²) in [6.07, 6.45) is 3.35. The van der Waals surface area contributed by atoms with Crippen LogP contribution >= 0.6 is 23.2 Å². The molecule has 6 heteroatoms. The van der Waals surface area contributed by atoms with Crippen LogP contribution in [0.1, 0.15) is 0 Å². The highest BCUT2D eigenvalue weighted by atomic mass is 35.5. The van der Waals surface area contributed by atoms with E-state index < -0.39 is 0 Å². The zero-order chi connectivity index (χ0) is 9.26. The molecule has 0 saturated heterocycles. The number of halogens is 2. The Bertz CT molecular complexity index is 412. The van der Waals surface area contributed by atoms with E-state index in [1.54, 1.807) is 18.5 Å². The highest BCUT2D eigenvalue weighted by Gasteiger charge is 2.06. The average molecular weight is 215 g/mol. The number of nitrogens with zero attached hydrogens (tertiary/aromatic N) is 3. The molecule has 0 spiro atoms. The predicted octanol–water partition coefficient (Wildman–Crippen LogP) is 2.17. The standard InChI is InChI=1S/C7H4Cl2N4/c8-6-1-5(7(9)13-12-6)4-2-10-11-3-4/h1-3H,(H,10,11). The molecular weight excluding hydrogens is 211 g/mol. The molecule has 0 bridgehead atoms. The van der Waals surface area contributed by atoms with Crippen LogP contribution in [0.15, 0.2) is 18.5 Å². The Morgan fingerprint density at radius 2 is 2.08 bits per heavy atom. The van der Waals surface area contributed by atoms with Crippen LogP contribution in [0.3, 0.4) is 0 Å². The first-order valence-corrected chi connectivity index (χ1v) is 4.21. The van der Waals surface area contributed by atoms with Crippen LogP contribution in [0.25, 0.3) is 11.1 Å². The highest BCUT2D eigenvalue weighted by Crippen LogP contribution is 2.26. The van der Waals surface area contributed by atoms with Crippen LogP contribution in [0.2, 0.25) is 10.3 Å². The summed E-state index contributed by atoms with van der Waals surface area (Å²) in [7, 11) is 0. The lowest BCUT2D eigenvalue weighted by atomic mass is 10.2. The molecule has 2 aromatic heterocycles. The Morgan fingerprint density at radius 3 is 2.77 bits per heavy atom. The maximum Gasteiger partial charge on any atom is 0.159 e. The first-order valence-electron chi connectivity index (χ1n) is 3.45. The van der Waals surface area contributed by atoms with Gasteiger partial charge in [0.05, 0.1) is 6.20 Å². The average Bonchev–Trinajstić information content (AvgIpc) is 2.61. The largest absolute Gasteiger partial charge is 0.285 e. The molecule has 0 fully saturated rings. The highest BCUT2D eigenvalue weighted by molar-refractivity contribution is 6.33. The Kier molecular flexibility index (Phi) is 2.16. The van der Waals surface area contributed by atoms with Gasteiger partial charge in [0.15, 0.2) is 10.3 Å². The minimum absolute atomic E-state index is 0.306. The summed E-state index contributed by atoms with van der Waals surface area (Å²) < 4.78 is 0. The summed E-state index contributed by atoms with van der Waals surface area (Å²) in [5, 5.41) is 14.4. The van der Waals surface area contributed by atoms with Crippen LogP contribution in [-0.2, 0) is 0 Å². The topological polar surface area (TPSA) is 54.5 Å². The molecule has 66 valence electrons. The van der Waals surface area contributed by atoms with Crippen LogP contribution in [0, 0.1) is 0 Å². The minimum atomic E-state index is 0.306. The molecule has 2 aromatic rings. The minimum Gasteiger partial charge on any atom is -0.285 e. The zero-order valence-corrected chi connectivity index (χ0v) is 7.84. The molecule has 0 aliphatic heterocycles. The molecular formula is C7H4Cl2N4. The maximum absolute atomic E-state index is 5.81. The van der Waals surface area contributed by atoms with Crippen molar-refractivity contribution in [3.63, 3.8) is 0 Å². The third-order valence-corrected chi connectivity index (χ3v) is 1.99. The normalized spacial score (nSPS) is 10.3. The van der Waals surface area contributed by atoms with Gasteiger partial charge in [0.1, 0.15) is 0 Å². The molecule has 0 aliphatic carbocycles. The van der Waals surface area contributed by atoms with Gasteiger partial charge in [0.2, 0.25) is 0 Å². The van der Waals surface area contributed by atoms with Crippen molar-refractivity contribution in [3.05, 3.63) is 28.8 Å². The van der Waals surface area contributed by atoms with Crippen molar-refractivity contribution >= 4 is 23.2 Å². The molecule has 0 saturated carbocycles. The predicted molar refractivity (Wildman–Crippen MR) is 49.6 cm³/mol. The summed E-state index contributed by atoms with van der Waals surface area (Å²) in [5.74, 6) is 0. The molecule has 0 unspecified atom stereocenters. The van der Waals surface area contributed by atoms with Crippen molar-refractivity contribution in [1.29, 1.82) is 0 Å². The van der Waals surface area contributed by atoms with Gasteiger partial charge >= 0.3 is 0 Å². The fourth-order valence-corrected chi connectivity index (χ4v) is 1.30. The number of H-pyrrole nitrogens is 1. The zero-order valence-electron chi connectivity index (χ0n) is 6.33. The van der Waals surface area contributed by atoms with E-state index in [4.69, 9.17) is 23.2 Å². The summed E-state index contributed by atoms with van der Waals surface area (Å²) in [4.78, 5) is 0. The monoisotopic (exact) mass is 214 g/mol. The van der Waals surface area contributed by atoms with Crippen LogP contribution in [0.4, 0.5) is 0 Å². The summed E-state index contributed by atoms with van der Waals surface area (Å²) in [6, 6.07) is 1.64. The van der Waals surface area contributed by atoms with Gasteiger partial charge in [-0.3, -0.25) is 5.10 Å². The lowest BCUT2D eigenvalue weighted by Crippen LogP contribution is -1.86. The Hall–Kier alpha value is -1.13. The maximum atomic E-state index is 5.81. The second kappa shape index (κ2) is 3.32. The van der Waals surface area contributed by atoms with E-state index in [9.17, 15) is 0 Å². The lowest BCUT2D eigenvalue weighted by molar-refractivity contribution is 1.03. The lowest BCUT2D eigenvalue weighted by Gasteiger charge is -1.98. The van der Waals surface area contributed by atoms with Crippen molar-refractivity contribution in [3.8, 4) is 11.1 Å². The summed E-state index contributed by atoms with van der Waals surface area (Å²) in [5.41, 5.74) is 1.55. The van der Waals surface area contributed by atoms with Gasteiger partial charge in [-0.05, 0) is 6.07 Å². The van der Waals surface area contributed by atoms with Gasteiger partial charge in [0.25, 0.3) is 0 Å². The van der Waals surface area contributed by atoms with E-state index in [2.05, 4.69) is 20.4 Å². The Labute approximate surface area is 83.9 Å². The van der Waals surface area contributed by atoms with Crippen molar-refractivity contribution < 1.29 is 0 Å². The van der Waals surface area contributed by atoms with Crippen LogP contribution < -0.4 is 0 Å². The van der Waals surface area contributed by atoms with Gasteiger partial charge in [-0.2, -0.15) is 5.10 Å². The third-order valence-electron chi connectivity index (χ3n) is 1.53. The third kappa shape index (κ3) is 1.64. The van der Waals surface area contributed by atoms with Crippen molar-refractivity contribution in [1.82, 2.24) is 20.4 Å². The molecule has 0 aromatic carbocycles. The number of rotatable bonds is 1. The fraction of sp³-hybridized carbons (Fsp3) is 0. The van der Waals surface area contributed by atoms with Gasteiger partial charge in [-0.15, -0.1) is 10.2 Å². The number of aromatic amines is 1. The Balaban J connectivity index is 2.57. The molecule has 13 heavy (non-hydrogen) atoms. The van der Waals surface area contributed by atoms with Crippen LogP contribution in [-0.4, -0.2) is 20.4 Å². The van der Waals surface area contributed by atoms with E-state index in [1.165, 1.54) is 0 Å². The number of hydrogen-bond donors (Lipinski definition) is 1. The van der Waals surface area contributed by atoms with Crippen molar-refractivity contribution in [2.45, 2.75) is 0 Å². The molecule has 0 amide bonds. The number of hydrogen-bond acceptors (Lipinski definition) is 3. The van der Waals surface area contributed by atoms with Gasteiger partial charge < -0.3 is 0 Å². The Morgan fingerprint density at radius 1 is 1.23 bits per heavy atom. The summed E-state index contributed by atoms with van der Waals surface area (Å²) >= 11 is 11.5. The van der Waals surface area contributed by atoms with E-state index >= 15 is 0 Å². The van der Waals surface area contributed by atoms with E-state index in [0.717, 1.165) is 11.1 Å². The SMILES string of the molecule is Clc1cc(-c2cn[nH]c2)c(Cl)nn1. The molecule has 1 N–H and O–H groups in total. The smallest absolute Gasteiger partial charge is 0.159 e. The van der Waals surface area contributed by atoms with Gasteiger partial charge in [-0.25, -0.2) is 0 Å². The van der Waals surface area contributed by atoms with Crippen molar-refractivity contribution in [2.75, 3.05) is 0 Å². The quantitative estimate of drug-likeness (QED) is 0.792. The second-order valence-electron chi connectivity index (χ2n) is 2.36. The van der Waals surface area contributed by atoms with Crippen LogP contribution in [0.5, 0.6) is 0 Å². The fourth-order valence-electron chi connectivity index (χ4n) is 0.954. The molecule has 2 heterocycles. The second-order valence-corrected chi connectivity index (χ2v) is 3.10. The van der Waals surface area contributed by atoms with Gasteiger partial charge in [0, 0.05) is 17.3 Å². The van der Waals surface area contributed by atoms with E-state index in [-0.39, 0.29) is 0 Å².